The van der Waals surface area contributed by atoms with Crippen molar-refractivity contribution in [3.8, 4) is 28.5 Å². The van der Waals surface area contributed by atoms with Crippen LogP contribution in [-0.4, -0.2) is 16.6 Å². The predicted octanol–water partition coefficient (Wildman–Crippen LogP) is 6.96. The van der Waals surface area contributed by atoms with E-state index in [4.69, 9.17) is 0 Å². The van der Waals surface area contributed by atoms with Crippen LogP contribution in [0.3, 0.4) is 0 Å². The highest BCUT2D eigenvalue weighted by atomic mass is 32.2. The van der Waals surface area contributed by atoms with Gasteiger partial charge in [-0.1, -0.05) is 60.7 Å². The van der Waals surface area contributed by atoms with Crippen molar-refractivity contribution in [2.24, 2.45) is 0 Å². The predicted molar refractivity (Wildman–Crippen MR) is 130 cm³/mol. The van der Waals surface area contributed by atoms with E-state index in [2.05, 4.69) is 11.1 Å². The van der Waals surface area contributed by atoms with E-state index < -0.39 is 34.9 Å². The second-order valence-corrected chi connectivity index (χ2v) is 8.65. The summed E-state index contributed by atoms with van der Waals surface area (Å²) in [5.74, 6) is -7.38. The summed E-state index contributed by atoms with van der Waals surface area (Å²) in [6, 6.07) is 22.7. The lowest BCUT2D eigenvalue weighted by molar-refractivity contribution is -0.115. The molecule has 9 heteroatoms. The molecule has 0 radical (unpaired) electrons. The number of halogens is 4. The number of nitrogens with one attached hydrogen (secondary N) is 1. The number of nitriles is 1. The van der Waals surface area contributed by atoms with Crippen LogP contribution in [0.1, 0.15) is 12.0 Å². The number of hydrogen-bond acceptors (Lipinski definition) is 4. The van der Waals surface area contributed by atoms with E-state index >= 15 is 0 Å². The molecule has 180 valence electrons. The Morgan fingerprint density at radius 2 is 1.47 bits per heavy atom. The number of aromatic nitrogens is 1. The zero-order valence-corrected chi connectivity index (χ0v) is 19.4. The molecule has 4 nitrogen and oxygen atoms in total. The minimum Gasteiger partial charge on any atom is -0.321 e. The van der Waals surface area contributed by atoms with Gasteiger partial charge >= 0.3 is 0 Å². The summed E-state index contributed by atoms with van der Waals surface area (Å²) in [7, 11) is 0. The largest absolute Gasteiger partial charge is 0.321 e. The number of amides is 1. The minimum atomic E-state index is -1.69. The molecule has 0 aliphatic heterocycles. The molecule has 1 N–H and O–H groups in total. The monoisotopic (exact) mass is 507 g/mol. The van der Waals surface area contributed by atoms with Crippen LogP contribution in [0.4, 0.5) is 23.2 Å². The van der Waals surface area contributed by atoms with Crippen molar-refractivity contribution in [1.29, 1.82) is 5.26 Å². The summed E-state index contributed by atoms with van der Waals surface area (Å²) in [4.78, 5) is 16.9. The molecular weight excluding hydrogens is 490 g/mol. The number of benzene rings is 3. The molecule has 0 unspecified atom stereocenters. The first-order valence-electron chi connectivity index (χ1n) is 10.7. The van der Waals surface area contributed by atoms with E-state index in [0.717, 1.165) is 22.9 Å². The molecule has 3 aromatic carbocycles. The quantitative estimate of drug-likeness (QED) is 0.167. The second-order valence-electron chi connectivity index (χ2n) is 7.57. The van der Waals surface area contributed by atoms with Crippen LogP contribution in [0.25, 0.3) is 22.4 Å². The highest BCUT2D eigenvalue weighted by molar-refractivity contribution is 7.99. The van der Waals surface area contributed by atoms with Gasteiger partial charge in [-0.05, 0) is 11.6 Å². The van der Waals surface area contributed by atoms with Gasteiger partial charge in [0.15, 0.2) is 23.3 Å². The zero-order chi connectivity index (χ0) is 25.7. The number of anilines is 1. The lowest BCUT2D eigenvalue weighted by Crippen LogP contribution is -2.16. The number of carbonyl (C=O) groups is 1. The Labute approximate surface area is 208 Å². The van der Waals surface area contributed by atoms with Crippen LogP contribution in [0.5, 0.6) is 0 Å². The van der Waals surface area contributed by atoms with Gasteiger partial charge in [0, 0.05) is 29.4 Å². The van der Waals surface area contributed by atoms with Crippen LogP contribution >= 0.6 is 11.8 Å². The Morgan fingerprint density at radius 1 is 0.889 bits per heavy atom. The Balaban J connectivity index is 1.59. The number of pyridine rings is 1. The van der Waals surface area contributed by atoms with E-state index in [1.165, 1.54) is 0 Å². The molecule has 0 bridgehead atoms. The standard InChI is InChI=1S/C27H17F4N3OS/c28-20-14-21(29)25(31)26(24(20)30)34-23(35)11-12-36-27-19(15-32)18(16-7-3-1-4-8-16)13-22(33-27)17-9-5-2-6-10-17/h1-10,13-14H,11-12H2,(H,34,35). The van der Waals surface area contributed by atoms with Crippen molar-refractivity contribution < 1.29 is 22.4 Å². The third kappa shape index (κ3) is 5.39. The molecule has 36 heavy (non-hydrogen) atoms. The number of thioether (sulfide) groups is 1. The van der Waals surface area contributed by atoms with Gasteiger partial charge in [-0.15, -0.1) is 11.8 Å². The maximum absolute atomic E-state index is 13.9. The Kier molecular flexibility index (Phi) is 7.66. The smallest absolute Gasteiger partial charge is 0.225 e. The lowest BCUT2D eigenvalue weighted by Gasteiger charge is -2.13. The average Bonchev–Trinajstić information content (AvgIpc) is 2.90. The van der Waals surface area contributed by atoms with Crippen molar-refractivity contribution in [2.75, 3.05) is 11.1 Å². The lowest BCUT2D eigenvalue weighted by atomic mass is 9.99. The topological polar surface area (TPSA) is 65.8 Å². The van der Waals surface area contributed by atoms with Crippen LogP contribution < -0.4 is 5.32 Å². The molecule has 0 saturated heterocycles. The van der Waals surface area contributed by atoms with Crippen molar-refractivity contribution in [2.45, 2.75) is 11.4 Å². The third-order valence-electron chi connectivity index (χ3n) is 5.20. The second kappa shape index (κ2) is 11.1. The molecule has 0 spiro atoms. The Bertz CT molecular complexity index is 1430. The highest BCUT2D eigenvalue weighted by Crippen LogP contribution is 2.34. The van der Waals surface area contributed by atoms with Crippen molar-refractivity contribution >= 4 is 23.4 Å². The SMILES string of the molecule is N#Cc1c(-c2ccccc2)cc(-c2ccccc2)nc1SCCC(=O)Nc1c(F)c(F)cc(F)c1F. The molecule has 1 amide bonds. The van der Waals surface area contributed by atoms with Gasteiger partial charge < -0.3 is 5.32 Å². The van der Waals surface area contributed by atoms with Crippen LogP contribution in [0.15, 0.2) is 77.8 Å². The molecule has 1 aromatic heterocycles. The van der Waals surface area contributed by atoms with Gasteiger partial charge in [-0.25, -0.2) is 22.5 Å². The number of hydrogen-bond donors (Lipinski definition) is 1. The van der Waals surface area contributed by atoms with Crippen molar-refractivity contribution in [3.63, 3.8) is 0 Å². The van der Waals surface area contributed by atoms with Gasteiger partial charge in [-0.3, -0.25) is 4.79 Å². The van der Waals surface area contributed by atoms with Crippen molar-refractivity contribution in [1.82, 2.24) is 4.98 Å². The van der Waals surface area contributed by atoms with Crippen LogP contribution in [0.2, 0.25) is 0 Å². The first-order chi connectivity index (χ1) is 17.4. The fraction of sp³-hybridized carbons (Fsp3) is 0.0741. The minimum absolute atomic E-state index is 0.0648. The number of carbonyl (C=O) groups excluding carboxylic acids is 1. The molecule has 0 atom stereocenters. The summed E-state index contributed by atoms with van der Waals surface area (Å²) >= 11 is 1.11. The Morgan fingerprint density at radius 3 is 2.06 bits per heavy atom. The van der Waals surface area contributed by atoms with Crippen molar-refractivity contribution in [3.05, 3.63) is 102 Å². The normalized spacial score (nSPS) is 10.6. The van der Waals surface area contributed by atoms with Crippen LogP contribution in [0, 0.1) is 34.6 Å². The first-order valence-corrected chi connectivity index (χ1v) is 11.7. The molecule has 0 aliphatic carbocycles. The van der Waals surface area contributed by atoms with Gasteiger partial charge in [-0.2, -0.15) is 5.26 Å². The maximum Gasteiger partial charge on any atom is 0.225 e. The molecule has 4 rings (SSSR count). The molecular formula is C27H17F4N3OS. The average molecular weight is 508 g/mol. The van der Waals surface area contributed by atoms with E-state index in [1.807, 2.05) is 72.0 Å². The Hall–Kier alpha value is -4.16. The van der Waals surface area contributed by atoms with Gasteiger partial charge in [0.25, 0.3) is 0 Å². The van der Waals surface area contributed by atoms with E-state index in [0.29, 0.717) is 21.8 Å². The summed E-state index contributed by atoms with van der Waals surface area (Å²) in [5, 5.41) is 12.2. The first kappa shape index (κ1) is 24.9. The van der Waals surface area contributed by atoms with E-state index in [9.17, 15) is 27.6 Å². The number of rotatable bonds is 7. The maximum atomic E-state index is 13.9. The summed E-state index contributed by atoms with van der Waals surface area (Å²) in [6.45, 7) is 0. The van der Waals surface area contributed by atoms with Crippen LogP contribution in [-0.2, 0) is 4.79 Å². The summed E-state index contributed by atoms with van der Waals surface area (Å²) in [6.07, 6.45) is -0.259. The third-order valence-corrected chi connectivity index (χ3v) is 6.17. The fourth-order valence-electron chi connectivity index (χ4n) is 3.46. The molecule has 0 saturated carbocycles. The van der Waals surface area contributed by atoms with E-state index in [-0.39, 0.29) is 18.2 Å². The summed E-state index contributed by atoms with van der Waals surface area (Å²) in [5.41, 5.74) is 2.06. The van der Waals surface area contributed by atoms with Gasteiger partial charge in [0.1, 0.15) is 16.8 Å². The summed E-state index contributed by atoms with van der Waals surface area (Å²) < 4.78 is 54.5. The molecule has 1 heterocycles. The van der Waals surface area contributed by atoms with E-state index in [1.54, 1.807) is 0 Å². The fourth-order valence-corrected chi connectivity index (χ4v) is 4.41. The molecule has 0 aliphatic rings. The number of nitrogens with zero attached hydrogens (tertiary/aromatic N) is 2. The van der Waals surface area contributed by atoms with Gasteiger partial charge in [0.2, 0.25) is 5.91 Å². The highest BCUT2D eigenvalue weighted by Gasteiger charge is 2.21. The molecule has 0 fully saturated rings. The zero-order valence-electron chi connectivity index (χ0n) is 18.6. The van der Waals surface area contributed by atoms with Gasteiger partial charge in [0.05, 0.1) is 11.3 Å². The molecule has 4 aromatic rings.